The molecule has 0 saturated carbocycles. The van der Waals surface area contributed by atoms with Crippen molar-refractivity contribution in [1.82, 2.24) is 31.9 Å². The lowest BCUT2D eigenvalue weighted by molar-refractivity contribution is -0.143. The maximum Gasteiger partial charge on any atom is 0.328 e. The number of carboxylic acids is 1. The minimum Gasteiger partial charge on any atom is -0.480 e. The van der Waals surface area contributed by atoms with Crippen molar-refractivity contribution in [3.05, 3.63) is 0 Å². The molecule has 5 amide bonds. The van der Waals surface area contributed by atoms with Gasteiger partial charge in [0.2, 0.25) is 29.5 Å². The van der Waals surface area contributed by atoms with Crippen LogP contribution >= 0.6 is 24.4 Å². The number of carbonyl (C=O) groups excluding carboxylic acids is 5. The number of guanidine groups is 1. The Hall–Kier alpha value is -3.21. The van der Waals surface area contributed by atoms with Gasteiger partial charge in [0.15, 0.2) is 5.96 Å². The fourth-order valence-corrected chi connectivity index (χ4v) is 6.39. The van der Waals surface area contributed by atoms with Crippen LogP contribution in [0.15, 0.2) is 4.99 Å². The molecule has 6 atom stereocenters. The minimum absolute atomic E-state index is 0.0529. The van der Waals surface area contributed by atoms with E-state index in [1.165, 1.54) is 0 Å². The molecule has 0 aliphatic carbocycles. The Morgan fingerprint density at radius 1 is 0.976 bits per heavy atom. The second-order valence-electron chi connectivity index (χ2n) is 9.72. The number of aliphatic carboxylic acids is 1. The number of nitrogens with two attached hydrogens (primary N) is 1. The van der Waals surface area contributed by atoms with Crippen LogP contribution < -0.4 is 37.6 Å². The molecule has 15 nitrogen and oxygen atoms in total. The second kappa shape index (κ2) is 16.9. The van der Waals surface area contributed by atoms with E-state index >= 15 is 0 Å². The summed E-state index contributed by atoms with van der Waals surface area (Å²) in [5.74, 6) is -3.60. The lowest BCUT2D eigenvalue weighted by atomic mass is 9.91. The van der Waals surface area contributed by atoms with E-state index in [9.17, 15) is 33.9 Å². The molecule has 1 fully saturated rings. The number of rotatable bonds is 17. The third kappa shape index (κ3) is 10.6. The third-order valence-electron chi connectivity index (χ3n) is 6.57. The van der Waals surface area contributed by atoms with Gasteiger partial charge in [-0.2, -0.15) is 24.4 Å². The van der Waals surface area contributed by atoms with Crippen LogP contribution in [0, 0.1) is 5.92 Å². The highest BCUT2D eigenvalue weighted by atomic mass is 32.2. The molecule has 0 spiro atoms. The van der Waals surface area contributed by atoms with Crippen molar-refractivity contribution in [3.8, 4) is 0 Å². The number of hydrogen-bond donors (Lipinski definition) is 9. The molecule has 4 unspecified atom stereocenters. The summed E-state index contributed by atoms with van der Waals surface area (Å²) in [5.41, 5.74) is 5.84. The number of carboxylic acid groups (broad SMARTS) is 1. The van der Waals surface area contributed by atoms with Gasteiger partial charge < -0.3 is 42.7 Å². The molecular weight excluding hydrogens is 576 g/mol. The monoisotopic (exact) mass is 616 g/mol. The Morgan fingerprint density at radius 2 is 1.56 bits per heavy atom. The summed E-state index contributed by atoms with van der Waals surface area (Å²) in [6.45, 7) is 2.46. The highest BCUT2D eigenvalue weighted by Crippen LogP contribution is 2.38. The zero-order chi connectivity index (χ0) is 30.5. The molecule has 9 N–H and O–H groups in total. The molecule has 0 aromatic heterocycles. The van der Waals surface area contributed by atoms with Crippen LogP contribution in [-0.2, 0) is 28.8 Å². The second-order valence-corrected chi connectivity index (χ2v) is 11.3. The third-order valence-corrected chi connectivity index (χ3v) is 8.40. The van der Waals surface area contributed by atoms with E-state index in [4.69, 9.17) is 5.73 Å². The van der Waals surface area contributed by atoms with Crippen molar-refractivity contribution in [2.24, 2.45) is 16.6 Å². The lowest BCUT2D eigenvalue weighted by Gasteiger charge is -2.30. The molecule has 1 saturated heterocycles. The molecule has 0 aromatic rings. The van der Waals surface area contributed by atoms with Crippen molar-refractivity contribution in [1.29, 1.82) is 0 Å². The predicted octanol–water partition coefficient (Wildman–Crippen LogP) is -2.69. The van der Waals surface area contributed by atoms with Crippen LogP contribution in [0.1, 0.15) is 39.5 Å². The molecule has 0 aromatic carbocycles. The Morgan fingerprint density at radius 3 is 2.12 bits per heavy atom. The van der Waals surface area contributed by atoms with E-state index in [-0.39, 0.29) is 35.5 Å². The summed E-state index contributed by atoms with van der Waals surface area (Å²) in [6.07, 6.45) is 2.15. The number of carbonyl (C=O) groups is 6. The van der Waals surface area contributed by atoms with Crippen LogP contribution in [0.25, 0.3) is 0 Å². The van der Waals surface area contributed by atoms with Gasteiger partial charge in [0, 0.05) is 11.0 Å². The Balaban J connectivity index is 1.95. The molecule has 230 valence electrons. The average molecular weight is 617 g/mol. The smallest absolute Gasteiger partial charge is 0.328 e. The number of fused-ring (bicyclic) bond motifs is 1. The summed E-state index contributed by atoms with van der Waals surface area (Å²) < 4.78 is 0. The standard InChI is InChI=1S/C24H40N8O7S2/c1-3-5-12(21-19-14(11-41-21)30-24(25)32-19)22(37)29-13(6-4-2)20(23(38)39)31-17(35)9-27-15(33)7-26-16(34)8-28-18(36)10-40/h12-14,19-21,40H,3-11H2,1-2H3,(H,26,34)(H,27,33)(H,28,36)(H,29,37)(H,31,35)(H,38,39)(H3,25,30,32)/t12?,13?,14-,19-,20?,21?/m0/s1. The summed E-state index contributed by atoms with van der Waals surface area (Å²) in [5, 5.41) is 25.0. The minimum atomic E-state index is -1.44. The molecule has 17 heteroatoms. The molecule has 2 aliphatic heterocycles. The summed E-state index contributed by atoms with van der Waals surface area (Å²) >= 11 is 5.40. The van der Waals surface area contributed by atoms with E-state index in [0.717, 1.165) is 12.2 Å². The molecule has 0 bridgehead atoms. The van der Waals surface area contributed by atoms with Crippen molar-refractivity contribution >= 4 is 65.9 Å². The van der Waals surface area contributed by atoms with E-state index in [1.807, 2.05) is 13.8 Å². The lowest BCUT2D eigenvalue weighted by Crippen LogP contribution is -2.58. The Kier molecular flexibility index (Phi) is 14.0. The number of amides is 5. The van der Waals surface area contributed by atoms with Crippen molar-refractivity contribution in [3.63, 3.8) is 0 Å². The van der Waals surface area contributed by atoms with E-state index in [0.29, 0.717) is 25.2 Å². The largest absolute Gasteiger partial charge is 0.480 e. The fraction of sp³-hybridized carbons (Fsp3) is 0.708. The number of aliphatic imine (C=N–C) groups is 1. The quantitative estimate of drug-likeness (QED) is 0.0768. The number of thioether (sulfide) groups is 1. The average Bonchev–Trinajstić information content (AvgIpc) is 3.49. The summed E-state index contributed by atoms with van der Waals surface area (Å²) in [4.78, 5) is 77.4. The Labute approximate surface area is 248 Å². The van der Waals surface area contributed by atoms with Gasteiger partial charge >= 0.3 is 5.97 Å². The van der Waals surface area contributed by atoms with Gasteiger partial charge in [-0.05, 0) is 12.8 Å². The van der Waals surface area contributed by atoms with Crippen LogP contribution in [0.4, 0.5) is 0 Å². The first-order chi connectivity index (χ1) is 19.5. The van der Waals surface area contributed by atoms with E-state index in [1.54, 1.807) is 11.8 Å². The normalized spacial score (nSPS) is 21.2. The molecule has 2 aliphatic rings. The number of nitrogens with zero attached hydrogens (tertiary/aromatic N) is 1. The number of thiol groups is 1. The first-order valence-corrected chi connectivity index (χ1v) is 15.1. The summed E-state index contributed by atoms with van der Waals surface area (Å²) in [7, 11) is 0. The van der Waals surface area contributed by atoms with Gasteiger partial charge in [-0.25, -0.2) is 9.79 Å². The van der Waals surface area contributed by atoms with Crippen molar-refractivity contribution in [2.45, 2.75) is 68.9 Å². The van der Waals surface area contributed by atoms with E-state index in [2.05, 4.69) is 49.5 Å². The van der Waals surface area contributed by atoms with E-state index < -0.39 is 60.7 Å². The molecule has 41 heavy (non-hydrogen) atoms. The first kappa shape index (κ1) is 34.0. The SMILES string of the molecule is CCCC(NC(=O)C(CCC)C1SC[C@@H]2NC(N)=N[C@H]12)C(NC(=O)CNC(=O)CNC(=O)CNC(=O)CS)C(=O)O. The molecule has 2 heterocycles. The van der Waals surface area contributed by atoms with Crippen molar-refractivity contribution in [2.75, 3.05) is 31.1 Å². The van der Waals surface area contributed by atoms with Crippen LogP contribution in [0.2, 0.25) is 0 Å². The van der Waals surface area contributed by atoms with Gasteiger partial charge in [-0.3, -0.25) is 24.0 Å². The van der Waals surface area contributed by atoms with Gasteiger partial charge in [0.1, 0.15) is 6.04 Å². The zero-order valence-corrected chi connectivity index (χ0v) is 24.8. The Bertz CT molecular complexity index is 1010. The number of hydrogen-bond acceptors (Lipinski definition) is 11. The maximum atomic E-state index is 13.5. The first-order valence-electron chi connectivity index (χ1n) is 13.4. The summed E-state index contributed by atoms with van der Waals surface area (Å²) in [6, 6.07) is -2.43. The molecular formula is C24H40N8O7S2. The topological polar surface area (TPSA) is 233 Å². The zero-order valence-electron chi connectivity index (χ0n) is 23.1. The van der Waals surface area contributed by atoms with Crippen LogP contribution in [-0.4, -0.2) is 107 Å². The van der Waals surface area contributed by atoms with Crippen LogP contribution in [0.3, 0.4) is 0 Å². The van der Waals surface area contributed by atoms with Gasteiger partial charge in [0.05, 0.1) is 49.4 Å². The van der Waals surface area contributed by atoms with Gasteiger partial charge in [0.25, 0.3) is 0 Å². The molecule has 0 radical (unpaired) electrons. The fourth-order valence-electron chi connectivity index (χ4n) is 4.63. The highest BCUT2D eigenvalue weighted by molar-refractivity contribution is 8.00. The molecule has 2 rings (SSSR count). The maximum absolute atomic E-state index is 13.5. The van der Waals surface area contributed by atoms with Crippen LogP contribution in [0.5, 0.6) is 0 Å². The van der Waals surface area contributed by atoms with Crippen molar-refractivity contribution < 1.29 is 33.9 Å². The van der Waals surface area contributed by atoms with Gasteiger partial charge in [-0.15, -0.1) is 0 Å². The highest BCUT2D eigenvalue weighted by Gasteiger charge is 2.46. The number of nitrogens with one attached hydrogen (secondary N) is 6. The predicted molar refractivity (Wildman–Crippen MR) is 156 cm³/mol. The van der Waals surface area contributed by atoms with Gasteiger partial charge in [-0.1, -0.05) is 26.7 Å².